The first kappa shape index (κ1) is 26.5. The van der Waals surface area contributed by atoms with E-state index >= 15 is 0 Å². The lowest BCUT2D eigenvalue weighted by Crippen LogP contribution is -2.47. The van der Waals surface area contributed by atoms with Gasteiger partial charge in [0.25, 0.3) is 0 Å². The van der Waals surface area contributed by atoms with Gasteiger partial charge in [0.15, 0.2) is 6.17 Å². The van der Waals surface area contributed by atoms with E-state index in [1.165, 1.54) is 56.5 Å². The molecule has 2 aromatic rings. The lowest BCUT2D eigenvalue weighted by atomic mass is 9.94. The lowest BCUT2D eigenvalue weighted by Gasteiger charge is -2.36. The normalized spacial score (nSPS) is 24.1. The van der Waals surface area contributed by atoms with Crippen LogP contribution < -0.4 is 19.4 Å². The number of carboxylic acid groups (broad SMARTS) is 1. The molecule has 2 aromatic carbocycles. The summed E-state index contributed by atoms with van der Waals surface area (Å²) in [5, 5.41) is 13.9. The number of aliphatic carboxylic acids is 1. The Kier molecular flexibility index (Phi) is 7.47. The van der Waals surface area contributed by atoms with Gasteiger partial charge in [-0.05, 0) is 36.4 Å². The van der Waals surface area contributed by atoms with Crippen LogP contribution in [0.25, 0.3) is 0 Å². The second kappa shape index (κ2) is 10.4. The molecule has 4 atom stereocenters. The molecule has 0 aromatic heterocycles. The molecule has 0 spiro atoms. The molecular formula is C25H26F5N3O4. The van der Waals surface area contributed by atoms with Gasteiger partial charge in [-0.15, -0.1) is 0 Å². The van der Waals surface area contributed by atoms with Crippen LogP contribution in [0.3, 0.4) is 0 Å². The predicted molar refractivity (Wildman–Crippen MR) is 127 cm³/mol. The number of alkyl halides is 4. The Morgan fingerprint density at radius 1 is 1.16 bits per heavy atom. The number of hydrogen-bond donors (Lipinski definition) is 1. The maximum atomic E-state index is 15.0. The summed E-state index contributed by atoms with van der Waals surface area (Å²) in [5.74, 6) is -2.13. The van der Waals surface area contributed by atoms with Gasteiger partial charge in [-0.2, -0.15) is 18.3 Å². The van der Waals surface area contributed by atoms with E-state index in [4.69, 9.17) is 9.47 Å². The van der Waals surface area contributed by atoms with Gasteiger partial charge in [-0.25, -0.2) is 8.78 Å². The van der Waals surface area contributed by atoms with Gasteiger partial charge in [-0.1, -0.05) is 6.92 Å². The molecule has 0 amide bonds. The molecule has 7 nitrogen and oxygen atoms in total. The van der Waals surface area contributed by atoms with Crippen molar-refractivity contribution in [2.75, 3.05) is 30.1 Å². The smallest absolute Gasteiger partial charge is 0.431 e. The third-order valence-electron chi connectivity index (χ3n) is 6.58. The summed E-state index contributed by atoms with van der Waals surface area (Å²) in [7, 11) is 1.46. The van der Waals surface area contributed by atoms with Crippen LogP contribution in [-0.2, 0) is 4.79 Å². The second-order valence-electron chi connectivity index (χ2n) is 9.00. The largest absolute Gasteiger partial charge is 0.497 e. The molecule has 0 aliphatic carbocycles. The zero-order chi connectivity index (χ0) is 26.9. The van der Waals surface area contributed by atoms with E-state index in [0.717, 1.165) is 5.01 Å². The molecular weight excluding hydrogens is 501 g/mol. The van der Waals surface area contributed by atoms with E-state index in [2.05, 4.69) is 5.10 Å². The molecule has 0 saturated carbocycles. The Labute approximate surface area is 210 Å². The highest BCUT2D eigenvalue weighted by Gasteiger charge is 2.48. The molecule has 0 radical (unpaired) electrons. The molecule has 4 rings (SSSR count). The minimum atomic E-state index is -4.69. The number of rotatable bonds is 7. The Balaban J connectivity index is 1.44. The fourth-order valence-electron chi connectivity index (χ4n) is 4.63. The Bertz CT molecular complexity index is 1160. The van der Waals surface area contributed by atoms with Crippen LogP contribution in [0, 0.1) is 11.7 Å². The molecule has 0 bridgehead atoms. The summed E-state index contributed by atoms with van der Waals surface area (Å²) in [6.45, 7) is 1.54. The molecule has 2 aliphatic heterocycles. The van der Waals surface area contributed by atoms with Crippen LogP contribution in [0.15, 0.2) is 47.6 Å². The number of benzene rings is 2. The van der Waals surface area contributed by atoms with Crippen LogP contribution in [0.1, 0.15) is 19.8 Å². The van der Waals surface area contributed by atoms with Crippen molar-refractivity contribution in [2.45, 2.75) is 44.3 Å². The van der Waals surface area contributed by atoms with Gasteiger partial charge in [0.05, 0.1) is 37.5 Å². The fraction of sp³-hybridized carbons (Fsp3) is 0.440. The molecule has 12 heteroatoms. The number of halogens is 5. The van der Waals surface area contributed by atoms with Crippen LogP contribution in [0.4, 0.5) is 33.3 Å². The van der Waals surface area contributed by atoms with Crippen molar-refractivity contribution in [3.63, 3.8) is 0 Å². The first-order chi connectivity index (χ1) is 17.5. The molecule has 1 fully saturated rings. The highest BCUT2D eigenvalue weighted by molar-refractivity contribution is 5.95. The molecule has 37 heavy (non-hydrogen) atoms. The quantitative estimate of drug-likeness (QED) is 0.509. The van der Waals surface area contributed by atoms with Crippen molar-refractivity contribution in [1.82, 2.24) is 0 Å². The average Bonchev–Trinajstić information content (AvgIpc) is 3.17. The summed E-state index contributed by atoms with van der Waals surface area (Å²) in [6.07, 6.45) is -7.19. The minimum Gasteiger partial charge on any atom is -0.497 e. The van der Waals surface area contributed by atoms with Gasteiger partial charge >= 0.3 is 12.1 Å². The summed E-state index contributed by atoms with van der Waals surface area (Å²) >= 11 is 0. The number of ether oxygens (including phenoxy) is 2. The first-order valence-corrected chi connectivity index (χ1v) is 11.6. The van der Waals surface area contributed by atoms with E-state index < -0.39 is 54.3 Å². The highest BCUT2D eigenvalue weighted by atomic mass is 19.4. The monoisotopic (exact) mass is 527 g/mol. The first-order valence-electron chi connectivity index (χ1n) is 11.6. The summed E-state index contributed by atoms with van der Waals surface area (Å²) in [4.78, 5) is 12.8. The number of carbonyl (C=O) groups is 1. The zero-order valence-electron chi connectivity index (χ0n) is 20.1. The molecule has 1 N–H and O–H groups in total. The number of hydrogen-bond acceptors (Lipinski definition) is 6. The van der Waals surface area contributed by atoms with E-state index in [0.29, 0.717) is 18.0 Å². The number of hydrazone groups is 1. The van der Waals surface area contributed by atoms with Gasteiger partial charge in [0, 0.05) is 24.9 Å². The van der Waals surface area contributed by atoms with Crippen molar-refractivity contribution in [2.24, 2.45) is 11.0 Å². The van der Waals surface area contributed by atoms with Gasteiger partial charge < -0.3 is 19.5 Å². The second-order valence-corrected chi connectivity index (χ2v) is 9.00. The van der Waals surface area contributed by atoms with Gasteiger partial charge in [-0.3, -0.25) is 9.80 Å². The Morgan fingerprint density at radius 3 is 2.43 bits per heavy atom. The summed E-state index contributed by atoms with van der Waals surface area (Å²) in [5.41, 5.74) is -0.553. The number of anilines is 2. The maximum absolute atomic E-state index is 15.0. The van der Waals surface area contributed by atoms with Crippen LogP contribution >= 0.6 is 0 Å². The number of carboxylic acids is 1. The summed E-state index contributed by atoms with van der Waals surface area (Å²) in [6, 6.07) is 9.08. The van der Waals surface area contributed by atoms with Crippen molar-refractivity contribution in [3.8, 4) is 11.5 Å². The van der Waals surface area contributed by atoms with E-state index in [1.54, 1.807) is 4.90 Å². The van der Waals surface area contributed by atoms with E-state index in [9.17, 15) is 31.9 Å². The standard InChI is InChI=1S/C25H26F5N3O4/c1-14-20(12-23(34)35)33(31-24(14)25(28,29)30)15-3-5-16(6-4-15)37-22-9-10-32(13-19(22)27)21-11-17(36-2)7-8-18(21)26/h3-8,11,14,19-20,22H,9-10,12-13H2,1-2H3,(H,34,35). The van der Waals surface area contributed by atoms with Crippen molar-refractivity contribution in [1.29, 1.82) is 0 Å². The Hall–Kier alpha value is -3.57. The van der Waals surface area contributed by atoms with E-state index in [1.807, 2.05) is 0 Å². The van der Waals surface area contributed by atoms with Gasteiger partial charge in [0.1, 0.15) is 29.1 Å². The topological polar surface area (TPSA) is 74.6 Å². The van der Waals surface area contributed by atoms with Crippen molar-refractivity contribution < 1.29 is 41.3 Å². The number of piperidine rings is 1. The van der Waals surface area contributed by atoms with Crippen LogP contribution in [0.5, 0.6) is 11.5 Å². The van der Waals surface area contributed by atoms with Gasteiger partial charge in [0.2, 0.25) is 0 Å². The predicted octanol–water partition coefficient (Wildman–Crippen LogP) is 5.05. The highest BCUT2D eigenvalue weighted by Crippen LogP contribution is 2.37. The number of methoxy groups -OCH3 is 1. The van der Waals surface area contributed by atoms with Crippen LogP contribution in [0.2, 0.25) is 0 Å². The SMILES string of the molecule is COc1ccc(F)c(N2CCC(Oc3ccc(N4N=C(C(F)(F)F)C(C)C4CC(=O)O)cc3)C(F)C2)c1. The lowest BCUT2D eigenvalue weighted by molar-refractivity contribution is -0.137. The molecule has 2 heterocycles. The maximum Gasteiger partial charge on any atom is 0.431 e. The van der Waals surface area contributed by atoms with Crippen molar-refractivity contribution >= 4 is 23.1 Å². The summed E-state index contributed by atoms with van der Waals surface area (Å²) < 4.78 is 80.3. The fourth-order valence-corrected chi connectivity index (χ4v) is 4.63. The third kappa shape index (κ3) is 5.72. The third-order valence-corrected chi connectivity index (χ3v) is 6.58. The average molecular weight is 527 g/mol. The molecule has 2 aliphatic rings. The minimum absolute atomic E-state index is 0.0930. The Morgan fingerprint density at radius 2 is 1.84 bits per heavy atom. The number of nitrogens with zero attached hydrogens (tertiary/aromatic N) is 3. The van der Waals surface area contributed by atoms with E-state index in [-0.39, 0.29) is 24.3 Å². The molecule has 1 saturated heterocycles. The van der Waals surface area contributed by atoms with Crippen molar-refractivity contribution in [3.05, 3.63) is 48.3 Å². The zero-order valence-corrected chi connectivity index (χ0v) is 20.1. The molecule has 200 valence electrons. The van der Waals surface area contributed by atoms with Crippen LogP contribution in [-0.4, -0.2) is 61.5 Å². The molecule has 4 unspecified atom stereocenters.